The molecule has 1 aliphatic carbocycles. The van der Waals surface area contributed by atoms with Gasteiger partial charge in [-0.1, -0.05) is 6.92 Å². The molecule has 0 bridgehead atoms. The maximum atomic E-state index is 13.6. The van der Waals surface area contributed by atoms with Gasteiger partial charge in [-0.05, 0) is 37.1 Å². The van der Waals surface area contributed by atoms with Crippen LogP contribution in [0.25, 0.3) is 22.0 Å². The van der Waals surface area contributed by atoms with Gasteiger partial charge in [0.15, 0.2) is 0 Å². The summed E-state index contributed by atoms with van der Waals surface area (Å²) < 4.78 is 55.6. The maximum Gasteiger partial charge on any atom is 0.274 e. The molecule has 4 rings (SSSR count). The van der Waals surface area contributed by atoms with Crippen LogP contribution in [0.2, 0.25) is 0 Å². The molecule has 0 saturated heterocycles. The lowest BCUT2D eigenvalue weighted by Gasteiger charge is -2.29. The predicted molar refractivity (Wildman–Crippen MR) is 116 cm³/mol. The molecule has 0 spiro atoms. The van der Waals surface area contributed by atoms with E-state index in [1.54, 1.807) is 50.6 Å². The smallest absolute Gasteiger partial charge is 0.274 e. The van der Waals surface area contributed by atoms with Crippen molar-refractivity contribution in [2.24, 2.45) is 7.05 Å². The third-order valence-electron chi connectivity index (χ3n) is 5.88. The Morgan fingerprint density at radius 2 is 1.97 bits per heavy atom. The quantitative estimate of drug-likeness (QED) is 0.580. The topological polar surface area (TPSA) is 87.9 Å². The van der Waals surface area contributed by atoms with Crippen molar-refractivity contribution in [2.75, 3.05) is 5.75 Å². The first-order chi connectivity index (χ1) is 14.6. The number of H-pyrrole nitrogens is 1. The number of pyridine rings is 1. The lowest BCUT2D eigenvalue weighted by molar-refractivity contribution is -0.0581. The van der Waals surface area contributed by atoms with Crippen molar-refractivity contribution >= 4 is 20.6 Å². The van der Waals surface area contributed by atoms with Crippen molar-refractivity contribution in [1.82, 2.24) is 9.55 Å². The van der Waals surface area contributed by atoms with E-state index in [9.17, 15) is 17.8 Å². The standard InChI is InChI=1S/C22H25F2N3O3S/c1-3-31(25,29)15-4-5-19(30-14-6-9-22(23,24)10-7-14)17(12-15)18-13-27(2)21(28)20-16(18)8-11-26-20/h4-5,8,11-14,25-26H,3,6-7,9-10H2,1-2H3. The van der Waals surface area contributed by atoms with E-state index in [1.165, 1.54) is 4.57 Å². The normalized spacial score (nSPS) is 18.7. The van der Waals surface area contributed by atoms with Gasteiger partial charge in [0.25, 0.3) is 5.56 Å². The molecule has 2 N–H and O–H groups in total. The van der Waals surface area contributed by atoms with Gasteiger partial charge in [0.1, 0.15) is 11.3 Å². The van der Waals surface area contributed by atoms with Gasteiger partial charge in [-0.15, -0.1) is 0 Å². The lowest BCUT2D eigenvalue weighted by atomic mass is 9.94. The molecule has 9 heteroatoms. The highest BCUT2D eigenvalue weighted by atomic mass is 32.2. The second-order valence-corrected chi connectivity index (χ2v) is 10.4. The zero-order valence-corrected chi connectivity index (χ0v) is 18.2. The van der Waals surface area contributed by atoms with Crippen LogP contribution >= 0.6 is 0 Å². The molecule has 1 atom stereocenters. The Balaban J connectivity index is 1.85. The Bertz CT molecular complexity index is 1290. The molecule has 6 nitrogen and oxygen atoms in total. The fourth-order valence-electron chi connectivity index (χ4n) is 3.99. The zero-order chi connectivity index (χ0) is 22.4. The highest BCUT2D eigenvalue weighted by molar-refractivity contribution is 7.92. The van der Waals surface area contributed by atoms with Crippen molar-refractivity contribution in [3.05, 3.63) is 47.0 Å². The summed E-state index contributed by atoms with van der Waals surface area (Å²) in [6.45, 7) is 1.69. The number of aromatic nitrogens is 2. The first kappa shape index (κ1) is 21.5. The number of ether oxygens (including phenoxy) is 1. The van der Waals surface area contributed by atoms with Crippen LogP contribution in [0.5, 0.6) is 5.75 Å². The third kappa shape index (κ3) is 4.11. The number of alkyl halides is 2. The van der Waals surface area contributed by atoms with E-state index in [2.05, 4.69) is 4.98 Å². The van der Waals surface area contributed by atoms with Gasteiger partial charge in [0.2, 0.25) is 5.92 Å². The van der Waals surface area contributed by atoms with E-state index >= 15 is 0 Å². The van der Waals surface area contributed by atoms with E-state index in [1.807, 2.05) is 0 Å². The van der Waals surface area contributed by atoms with Crippen molar-refractivity contribution < 1.29 is 17.7 Å². The number of nitrogens with zero attached hydrogens (tertiary/aromatic N) is 1. The Hall–Kier alpha value is -2.68. The molecule has 1 fully saturated rings. The summed E-state index contributed by atoms with van der Waals surface area (Å²) in [6.07, 6.45) is 3.04. The summed E-state index contributed by atoms with van der Waals surface area (Å²) in [6, 6.07) is 6.70. The molecule has 1 aliphatic rings. The minimum absolute atomic E-state index is 0.164. The molecule has 1 unspecified atom stereocenters. The van der Waals surface area contributed by atoms with Crippen molar-refractivity contribution in [2.45, 2.75) is 49.5 Å². The van der Waals surface area contributed by atoms with E-state index in [-0.39, 0.29) is 43.1 Å². The van der Waals surface area contributed by atoms with Crippen LogP contribution in [0.1, 0.15) is 32.6 Å². The molecule has 2 aromatic heterocycles. The van der Waals surface area contributed by atoms with Crippen molar-refractivity contribution in [3.63, 3.8) is 0 Å². The monoisotopic (exact) mass is 449 g/mol. The summed E-state index contributed by atoms with van der Waals surface area (Å²) in [5.74, 6) is -2.03. The van der Waals surface area contributed by atoms with Gasteiger partial charge < -0.3 is 14.3 Å². The summed E-state index contributed by atoms with van der Waals surface area (Å²) >= 11 is 0. The van der Waals surface area contributed by atoms with Gasteiger partial charge in [0, 0.05) is 59.4 Å². The Kier molecular flexibility index (Phi) is 5.41. The highest BCUT2D eigenvalue weighted by Gasteiger charge is 2.36. The zero-order valence-electron chi connectivity index (χ0n) is 17.4. The van der Waals surface area contributed by atoms with Crippen LogP contribution in [-0.2, 0) is 16.8 Å². The van der Waals surface area contributed by atoms with Gasteiger partial charge in [-0.3, -0.25) is 4.79 Å². The van der Waals surface area contributed by atoms with E-state index in [0.29, 0.717) is 32.7 Å². The van der Waals surface area contributed by atoms with Gasteiger partial charge in [-0.25, -0.2) is 17.8 Å². The van der Waals surface area contributed by atoms with Crippen molar-refractivity contribution in [3.8, 4) is 16.9 Å². The minimum atomic E-state index is -2.98. The SMILES string of the molecule is CCS(=N)(=O)c1ccc(OC2CCC(F)(F)CC2)c(-c2cn(C)c(=O)c3[nH]ccc23)c1. The maximum absolute atomic E-state index is 13.6. The summed E-state index contributed by atoms with van der Waals surface area (Å²) in [5.41, 5.74) is 1.51. The number of hydrogen-bond acceptors (Lipinski definition) is 4. The van der Waals surface area contributed by atoms with Crippen LogP contribution < -0.4 is 10.3 Å². The molecule has 31 heavy (non-hydrogen) atoms. The number of halogens is 2. The number of nitrogens with one attached hydrogen (secondary N) is 2. The second kappa shape index (κ2) is 7.78. The predicted octanol–water partition coefficient (Wildman–Crippen LogP) is 4.92. The Morgan fingerprint density at radius 1 is 1.26 bits per heavy atom. The molecule has 0 amide bonds. The summed E-state index contributed by atoms with van der Waals surface area (Å²) in [4.78, 5) is 15.8. The van der Waals surface area contributed by atoms with Crippen LogP contribution in [0.15, 0.2) is 46.3 Å². The number of hydrogen-bond donors (Lipinski definition) is 2. The first-order valence-electron chi connectivity index (χ1n) is 10.2. The van der Waals surface area contributed by atoms with Crippen LogP contribution in [-0.4, -0.2) is 31.5 Å². The highest BCUT2D eigenvalue weighted by Crippen LogP contribution is 2.39. The molecule has 3 aromatic rings. The average Bonchev–Trinajstić information content (AvgIpc) is 3.23. The van der Waals surface area contributed by atoms with E-state index in [4.69, 9.17) is 9.52 Å². The number of benzene rings is 1. The fourth-order valence-corrected chi connectivity index (χ4v) is 4.92. The molecule has 0 aliphatic heterocycles. The van der Waals surface area contributed by atoms with E-state index < -0.39 is 15.7 Å². The second-order valence-electron chi connectivity index (χ2n) is 8.02. The van der Waals surface area contributed by atoms with Gasteiger partial charge >= 0.3 is 0 Å². The molecule has 2 heterocycles. The lowest BCUT2D eigenvalue weighted by Crippen LogP contribution is -2.30. The number of aromatic amines is 1. The van der Waals surface area contributed by atoms with Crippen LogP contribution in [0.4, 0.5) is 8.78 Å². The number of rotatable bonds is 5. The largest absolute Gasteiger partial charge is 0.490 e. The number of fused-ring (bicyclic) bond motifs is 1. The van der Waals surface area contributed by atoms with Crippen LogP contribution in [0.3, 0.4) is 0 Å². The molecule has 1 aromatic carbocycles. The molecule has 0 radical (unpaired) electrons. The molecule has 1 saturated carbocycles. The Morgan fingerprint density at radius 3 is 2.65 bits per heavy atom. The number of aryl methyl sites for hydroxylation is 1. The minimum Gasteiger partial charge on any atom is -0.490 e. The van der Waals surface area contributed by atoms with Gasteiger partial charge in [-0.2, -0.15) is 0 Å². The Labute approximate surface area is 179 Å². The first-order valence-corrected chi connectivity index (χ1v) is 12.0. The summed E-state index contributed by atoms with van der Waals surface area (Å²) in [7, 11) is -1.34. The van der Waals surface area contributed by atoms with Gasteiger partial charge in [0.05, 0.1) is 15.8 Å². The molecular formula is C22H25F2N3O3S. The van der Waals surface area contributed by atoms with E-state index in [0.717, 1.165) is 0 Å². The average molecular weight is 450 g/mol. The molecule has 166 valence electrons. The fraction of sp³-hybridized carbons (Fsp3) is 0.409. The third-order valence-corrected chi connectivity index (χ3v) is 7.71. The van der Waals surface area contributed by atoms with Crippen LogP contribution in [0, 0.1) is 4.78 Å². The summed E-state index contributed by atoms with van der Waals surface area (Å²) in [5, 5.41) is 0.674. The van der Waals surface area contributed by atoms with Crippen molar-refractivity contribution in [1.29, 1.82) is 4.78 Å². The molecular weight excluding hydrogens is 424 g/mol.